The number of ether oxygens (including phenoxy) is 1. The molecular weight excluding hydrogens is 290 g/mol. The van der Waals surface area contributed by atoms with Gasteiger partial charge in [-0.05, 0) is 57.9 Å². The van der Waals surface area contributed by atoms with Gasteiger partial charge in [-0.2, -0.15) is 0 Å². The van der Waals surface area contributed by atoms with Crippen LogP contribution < -0.4 is 0 Å². The van der Waals surface area contributed by atoms with Gasteiger partial charge in [-0.3, -0.25) is 4.90 Å². The van der Waals surface area contributed by atoms with E-state index in [-0.39, 0.29) is 18.0 Å². The number of carbonyl (C=O) groups is 1. The minimum atomic E-state index is -0.474. The van der Waals surface area contributed by atoms with Crippen LogP contribution in [0.25, 0.3) is 0 Å². The molecule has 23 heavy (non-hydrogen) atoms. The molecule has 0 saturated carbocycles. The van der Waals surface area contributed by atoms with Crippen LogP contribution in [0.4, 0.5) is 0 Å². The second-order valence-corrected chi connectivity index (χ2v) is 7.98. The standard InChI is InChI=1S/C19H29NO3/c1-18(2,3)23-17(22)16-8-6-15(7-9-16)12-20-11-5-10-19(4,13-20)14-21/h6-9,21H,5,10-14H2,1-4H3. The van der Waals surface area contributed by atoms with Crippen molar-refractivity contribution in [3.63, 3.8) is 0 Å². The fraction of sp³-hybridized carbons (Fsp3) is 0.632. The smallest absolute Gasteiger partial charge is 0.338 e. The largest absolute Gasteiger partial charge is 0.456 e. The van der Waals surface area contributed by atoms with Gasteiger partial charge in [0.15, 0.2) is 0 Å². The SMILES string of the molecule is CC1(CO)CCCN(Cc2ccc(C(=O)OC(C)(C)C)cc2)C1. The van der Waals surface area contributed by atoms with Gasteiger partial charge in [-0.1, -0.05) is 19.1 Å². The van der Waals surface area contributed by atoms with Gasteiger partial charge >= 0.3 is 5.97 Å². The molecule has 0 spiro atoms. The molecule has 4 nitrogen and oxygen atoms in total. The van der Waals surface area contributed by atoms with Crippen molar-refractivity contribution in [1.29, 1.82) is 0 Å². The summed E-state index contributed by atoms with van der Waals surface area (Å²) in [6, 6.07) is 7.64. The third-order valence-electron chi connectivity index (χ3n) is 4.24. The number of benzene rings is 1. The molecule has 1 aromatic carbocycles. The Balaban J connectivity index is 1.96. The molecular formula is C19H29NO3. The Morgan fingerprint density at radius 2 is 1.96 bits per heavy atom. The molecule has 1 aliphatic heterocycles. The van der Waals surface area contributed by atoms with E-state index in [9.17, 15) is 9.90 Å². The van der Waals surface area contributed by atoms with Gasteiger partial charge in [0, 0.05) is 25.1 Å². The lowest BCUT2D eigenvalue weighted by atomic mass is 9.82. The van der Waals surface area contributed by atoms with Crippen molar-refractivity contribution in [2.24, 2.45) is 5.41 Å². The molecule has 1 saturated heterocycles. The lowest BCUT2D eigenvalue weighted by Crippen LogP contribution is -2.43. The molecule has 1 heterocycles. The van der Waals surface area contributed by atoms with E-state index in [0.717, 1.165) is 32.5 Å². The normalized spacial score (nSPS) is 22.8. The summed E-state index contributed by atoms with van der Waals surface area (Å²) in [5.41, 5.74) is 1.30. The van der Waals surface area contributed by atoms with Crippen LogP contribution in [0, 0.1) is 5.41 Å². The van der Waals surface area contributed by atoms with Crippen LogP contribution in [0.3, 0.4) is 0 Å². The summed E-state index contributed by atoms with van der Waals surface area (Å²) in [5, 5.41) is 9.55. The number of aliphatic hydroxyl groups is 1. The number of aliphatic hydroxyl groups excluding tert-OH is 1. The van der Waals surface area contributed by atoms with Gasteiger partial charge in [0.25, 0.3) is 0 Å². The zero-order valence-electron chi connectivity index (χ0n) is 14.8. The molecule has 2 rings (SSSR count). The molecule has 128 valence electrons. The summed E-state index contributed by atoms with van der Waals surface area (Å²) >= 11 is 0. The van der Waals surface area contributed by atoms with Gasteiger partial charge in [0.1, 0.15) is 5.60 Å². The first kappa shape index (κ1) is 18.0. The molecule has 0 aliphatic carbocycles. The molecule has 0 aromatic heterocycles. The minimum Gasteiger partial charge on any atom is -0.456 e. The Bertz CT molecular complexity index is 533. The number of carbonyl (C=O) groups excluding carboxylic acids is 1. The first-order valence-corrected chi connectivity index (χ1v) is 8.36. The Morgan fingerprint density at radius 1 is 1.30 bits per heavy atom. The van der Waals surface area contributed by atoms with E-state index >= 15 is 0 Å². The third-order valence-corrected chi connectivity index (χ3v) is 4.24. The molecule has 1 N–H and O–H groups in total. The summed E-state index contributed by atoms with van der Waals surface area (Å²) in [6.07, 6.45) is 2.20. The summed E-state index contributed by atoms with van der Waals surface area (Å²) in [4.78, 5) is 14.4. The highest BCUT2D eigenvalue weighted by atomic mass is 16.6. The Hall–Kier alpha value is -1.39. The van der Waals surface area contributed by atoms with Gasteiger partial charge in [0.2, 0.25) is 0 Å². The molecule has 1 aromatic rings. The van der Waals surface area contributed by atoms with E-state index in [1.54, 1.807) is 0 Å². The van der Waals surface area contributed by atoms with Crippen LogP contribution >= 0.6 is 0 Å². The highest BCUT2D eigenvalue weighted by molar-refractivity contribution is 5.89. The van der Waals surface area contributed by atoms with Crippen molar-refractivity contribution in [3.8, 4) is 0 Å². The second-order valence-electron chi connectivity index (χ2n) is 7.98. The fourth-order valence-corrected chi connectivity index (χ4v) is 3.03. The maximum atomic E-state index is 12.0. The number of hydrogen-bond donors (Lipinski definition) is 1. The number of hydrogen-bond acceptors (Lipinski definition) is 4. The van der Waals surface area contributed by atoms with Crippen molar-refractivity contribution in [2.75, 3.05) is 19.7 Å². The summed E-state index contributed by atoms with van der Waals surface area (Å²) in [6.45, 7) is 10.8. The fourth-order valence-electron chi connectivity index (χ4n) is 3.03. The van der Waals surface area contributed by atoms with Crippen LogP contribution in [0.2, 0.25) is 0 Å². The van der Waals surface area contributed by atoms with Crippen molar-refractivity contribution >= 4 is 5.97 Å². The van der Waals surface area contributed by atoms with Crippen molar-refractivity contribution in [3.05, 3.63) is 35.4 Å². The van der Waals surface area contributed by atoms with E-state index in [1.807, 2.05) is 45.0 Å². The van der Waals surface area contributed by atoms with Gasteiger partial charge in [-0.25, -0.2) is 4.79 Å². The van der Waals surface area contributed by atoms with E-state index < -0.39 is 5.60 Å². The van der Waals surface area contributed by atoms with Crippen LogP contribution in [-0.2, 0) is 11.3 Å². The van der Waals surface area contributed by atoms with E-state index in [1.165, 1.54) is 5.56 Å². The third kappa shape index (κ3) is 5.33. The Labute approximate surface area is 139 Å². The number of piperidine rings is 1. The average Bonchev–Trinajstić information content (AvgIpc) is 2.46. The lowest BCUT2D eigenvalue weighted by Gasteiger charge is -2.39. The molecule has 1 fully saturated rings. The van der Waals surface area contributed by atoms with Crippen LogP contribution in [0.5, 0.6) is 0 Å². The van der Waals surface area contributed by atoms with Crippen LogP contribution in [-0.4, -0.2) is 41.3 Å². The minimum absolute atomic E-state index is 0.00864. The van der Waals surface area contributed by atoms with Gasteiger partial charge in [0.05, 0.1) is 5.56 Å². The molecule has 0 amide bonds. The maximum Gasteiger partial charge on any atom is 0.338 e. The predicted octanol–water partition coefficient (Wildman–Crippen LogP) is 3.24. The summed E-state index contributed by atoms with van der Waals surface area (Å²) in [7, 11) is 0. The van der Waals surface area contributed by atoms with Crippen molar-refractivity contribution in [2.45, 2.75) is 52.7 Å². The second kappa shape index (κ2) is 7.02. The quantitative estimate of drug-likeness (QED) is 0.866. The highest BCUT2D eigenvalue weighted by Gasteiger charge is 2.30. The van der Waals surface area contributed by atoms with E-state index in [2.05, 4.69) is 11.8 Å². The number of nitrogens with zero attached hydrogens (tertiary/aromatic N) is 1. The molecule has 1 unspecified atom stereocenters. The van der Waals surface area contributed by atoms with Crippen LogP contribution in [0.15, 0.2) is 24.3 Å². The Kier molecular flexibility index (Phi) is 5.48. The summed E-state index contributed by atoms with van der Waals surface area (Å²) < 4.78 is 5.38. The van der Waals surface area contributed by atoms with Gasteiger partial charge < -0.3 is 9.84 Å². The van der Waals surface area contributed by atoms with E-state index in [0.29, 0.717) is 5.56 Å². The summed E-state index contributed by atoms with van der Waals surface area (Å²) in [5.74, 6) is -0.283. The first-order valence-electron chi connectivity index (χ1n) is 8.36. The molecule has 0 bridgehead atoms. The monoisotopic (exact) mass is 319 g/mol. The number of rotatable bonds is 4. The zero-order chi connectivity index (χ0) is 17.1. The molecule has 1 atom stereocenters. The van der Waals surface area contributed by atoms with Crippen LogP contribution in [0.1, 0.15) is 56.5 Å². The Morgan fingerprint density at radius 3 is 2.52 bits per heavy atom. The molecule has 0 radical (unpaired) electrons. The van der Waals surface area contributed by atoms with Crippen molar-refractivity contribution < 1.29 is 14.6 Å². The molecule has 4 heteroatoms. The zero-order valence-corrected chi connectivity index (χ0v) is 14.8. The topological polar surface area (TPSA) is 49.8 Å². The lowest BCUT2D eigenvalue weighted by molar-refractivity contribution is 0.00695. The van der Waals surface area contributed by atoms with E-state index in [4.69, 9.17) is 4.74 Å². The predicted molar refractivity (Wildman–Crippen MR) is 91.3 cm³/mol. The maximum absolute atomic E-state index is 12.0. The van der Waals surface area contributed by atoms with Crippen molar-refractivity contribution in [1.82, 2.24) is 4.90 Å². The first-order chi connectivity index (χ1) is 10.7. The number of esters is 1. The highest BCUT2D eigenvalue weighted by Crippen LogP contribution is 2.29. The number of likely N-dealkylation sites (tertiary alicyclic amines) is 1. The molecule has 1 aliphatic rings. The van der Waals surface area contributed by atoms with Gasteiger partial charge in [-0.15, -0.1) is 0 Å². The average molecular weight is 319 g/mol.